The van der Waals surface area contributed by atoms with E-state index in [0.717, 1.165) is 63.7 Å². The van der Waals surface area contributed by atoms with E-state index in [9.17, 15) is 4.79 Å². The summed E-state index contributed by atoms with van der Waals surface area (Å²) in [6.45, 7) is 9.22. The van der Waals surface area contributed by atoms with Crippen molar-refractivity contribution < 1.29 is 4.79 Å². The zero-order valence-electron chi connectivity index (χ0n) is 16.7. The molecule has 0 bridgehead atoms. The van der Waals surface area contributed by atoms with Crippen molar-refractivity contribution in [3.05, 3.63) is 42.0 Å². The summed E-state index contributed by atoms with van der Waals surface area (Å²) in [6, 6.07) is 7.86. The Morgan fingerprint density at radius 2 is 1.64 bits per heavy atom. The van der Waals surface area contributed by atoms with Crippen LogP contribution in [0.25, 0.3) is 0 Å². The highest BCUT2D eigenvalue weighted by molar-refractivity contribution is 5.93. The number of likely N-dealkylation sites (tertiary alicyclic amines) is 1. The topological polar surface area (TPSA) is 65.5 Å². The molecule has 28 heavy (non-hydrogen) atoms. The number of aromatic nitrogens is 3. The van der Waals surface area contributed by atoms with E-state index in [1.165, 1.54) is 0 Å². The number of carbonyl (C=O) groups is 1. The summed E-state index contributed by atoms with van der Waals surface area (Å²) in [6.07, 6.45) is 3.96. The van der Waals surface area contributed by atoms with Crippen LogP contribution in [0.2, 0.25) is 0 Å². The van der Waals surface area contributed by atoms with Crippen LogP contribution in [0.4, 0.5) is 11.6 Å². The van der Waals surface area contributed by atoms with Gasteiger partial charge in [-0.3, -0.25) is 4.79 Å². The van der Waals surface area contributed by atoms with Gasteiger partial charge in [0, 0.05) is 51.5 Å². The summed E-state index contributed by atoms with van der Waals surface area (Å²) < 4.78 is 0. The number of nitrogens with zero attached hydrogens (tertiary/aromatic N) is 6. The Labute approximate surface area is 166 Å². The fraction of sp³-hybridized carbons (Fsp3) is 0.524. The molecule has 148 valence electrons. The highest BCUT2D eigenvalue weighted by Gasteiger charge is 2.25. The van der Waals surface area contributed by atoms with Crippen LogP contribution in [0, 0.1) is 12.8 Å². The van der Waals surface area contributed by atoms with Crippen molar-refractivity contribution in [3.63, 3.8) is 0 Å². The van der Waals surface area contributed by atoms with Gasteiger partial charge in [0.25, 0.3) is 5.91 Å². The number of hydrogen-bond donors (Lipinski definition) is 0. The molecule has 7 nitrogen and oxygen atoms in total. The van der Waals surface area contributed by atoms with E-state index in [1.54, 1.807) is 0 Å². The fourth-order valence-corrected chi connectivity index (χ4v) is 3.90. The lowest BCUT2D eigenvalue weighted by molar-refractivity contribution is 0.0691. The number of pyridine rings is 1. The molecular weight excluding hydrogens is 352 g/mol. The van der Waals surface area contributed by atoms with E-state index in [4.69, 9.17) is 0 Å². The lowest BCUT2D eigenvalue weighted by Gasteiger charge is -2.36. The van der Waals surface area contributed by atoms with Crippen LogP contribution in [-0.2, 0) is 0 Å². The normalized spacial score (nSPS) is 18.4. The van der Waals surface area contributed by atoms with Crippen molar-refractivity contribution in [1.29, 1.82) is 0 Å². The van der Waals surface area contributed by atoms with Crippen LogP contribution in [-0.4, -0.2) is 65.0 Å². The minimum absolute atomic E-state index is 0.0331. The Hall–Kier alpha value is -2.70. The molecule has 0 atom stereocenters. The van der Waals surface area contributed by atoms with Crippen LogP contribution in [0.5, 0.6) is 0 Å². The third-order valence-electron chi connectivity index (χ3n) is 5.69. The maximum Gasteiger partial charge on any atom is 0.272 e. The van der Waals surface area contributed by atoms with Crippen LogP contribution in [0.1, 0.15) is 36.1 Å². The van der Waals surface area contributed by atoms with E-state index < -0.39 is 0 Å². The van der Waals surface area contributed by atoms with Gasteiger partial charge >= 0.3 is 0 Å². The van der Waals surface area contributed by atoms with Gasteiger partial charge in [0.05, 0.1) is 0 Å². The van der Waals surface area contributed by atoms with E-state index in [-0.39, 0.29) is 5.91 Å². The van der Waals surface area contributed by atoms with Crippen LogP contribution < -0.4 is 9.80 Å². The van der Waals surface area contributed by atoms with Gasteiger partial charge in [-0.25, -0.2) is 15.0 Å². The van der Waals surface area contributed by atoms with Gasteiger partial charge in [-0.2, -0.15) is 0 Å². The molecule has 0 spiro atoms. The maximum absolute atomic E-state index is 12.9. The summed E-state index contributed by atoms with van der Waals surface area (Å²) in [5, 5.41) is 0. The molecule has 2 aliphatic rings. The largest absolute Gasteiger partial charge is 0.353 e. The zero-order chi connectivity index (χ0) is 19.5. The predicted molar refractivity (Wildman–Crippen MR) is 110 cm³/mol. The third-order valence-corrected chi connectivity index (χ3v) is 5.69. The van der Waals surface area contributed by atoms with E-state index >= 15 is 0 Å². The number of rotatable bonds is 3. The van der Waals surface area contributed by atoms with Gasteiger partial charge < -0.3 is 14.7 Å². The minimum atomic E-state index is 0.0331. The number of piperidine rings is 1. The summed E-state index contributed by atoms with van der Waals surface area (Å²) in [5.74, 6) is 3.24. The van der Waals surface area contributed by atoms with Crippen LogP contribution in [0.15, 0.2) is 30.5 Å². The van der Waals surface area contributed by atoms with Crippen molar-refractivity contribution in [1.82, 2.24) is 19.9 Å². The maximum atomic E-state index is 12.9. The second-order valence-corrected chi connectivity index (χ2v) is 7.80. The highest BCUT2D eigenvalue weighted by Crippen LogP contribution is 2.21. The van der Waals surface area contributed by atoms with Gasteiger partial charge in [-0.15, -0.1) is 0 Å². The number of amides is 1. The lowest BCUT2D eigenvalue weighted by atomic mass is 9.99. The Bertz CT molecular complexity index is 811. The molecule has 0 aromatic carbocycles. The molecule has 0 radical (unpaired) electrons. The van der Waals surface area contributed by atoms with Gasteiger partial charge in [0.15, 0.2) is 0 Å². The monoisotopic (exact) mass is 380 g/mol. The molecule has 0 N–H and O–H groups in total. The Morgan fingerprint density at radius 3 is 2.29 bits per heavy atom. The number of carbonyl (C=O) groups excluding carboxylic acids is 1. The van der Waals surface area contributed by atoms with E-state index in [0.29, 0.717) is 17.4 Å². The molecule has 2 saturated heterocycles. The summed E-state index contributed by atoms with van der Waals surface area (Å²) in [7, 11) is 0. The molecular formula is C21H28N6O. The zero-order valence-corrected chi connectivity index (χ0v) is 16.7. The molecule has 2 aliphatic heterocycles. The Balaban J connectivity index is 1.45. The average Bonchev–Trinajstić information content (AvgIpc) is 2.74. The van der Waals surface area contributed by atoms with Crippen molar-refractivity contribution >= 4 is 17.5 Å². The van der Waals surface area contributed by atoms with Crippen molar-refractivity contribution in [2.24, 2.45) is 5.92 Å². The van der Waals surface area contributed by atoms with Gasteiger partial charge in [0.1, 0.15) is 23.2 Å². The van der Waals surface area contributed by atoms with Crippen molar-refractivity contribution in [2.45, 2.75) is 26.7 Å². The molecule has 4 heterocycles. The quantitative estimate of drug-likeness (QED) is 0.815. The van der Waals surface area contributed by atoms with E-state index in [1.807, 2.05) is 42.3 Å². The molecule has 0 unspecified atom stereocenters. The first kappa shape index (κ1) is 18.7. The molecule has 2 aromatic rings. The second-order valence-electron chi connectivity index (χ2n) is 7.80. The lowest BCUT2D eigenvalue weighted by Crippen LogP contribution is -2.47. The standard InChI is InChI=1S/C21H28N6O/c1-16-6-9-27(10-7-16)21(28)18-15-20(24-17(2)23-18)26-13-11-25(12-14-26)19-5-3-4-8-22-19/h3-5,8,15-16H,6-7,9-14H2,1-2H3. The summed E-state index contributed by atoms with van der Waals surface area (Å²) in [5.41, 5.74) is 0.518. The predicted octanol–water partition coefficient (Wildman–Crippen LogP) is 2.38. The first-order chi connectivity index (χ1) is 13.6. The van der Waals surface area contributed by atoms with Crippen molar-refractivity contribution in [3.8, 4) is 0 Å². The molecule has 0 saturated carbocycles. The SMILES string of the molecule is Cc1nc(C(=O)N2CCC(C)CC2)cc(N2CCN(c3ccccn3)CC2)n1. The highest BCUT2D eigenvalue weighted by atomic mass is 16.2. The number of hydrogen-bond acceptors (Lipinski definition) is 6. The number of anilines is 2. The first-order valence-electron chi connectivity index (χ1n) is 10.2. The molecule has 2 fully saturated rings. The Morgan fingerprint density at radius 1 is 0.964 bits per heavy atom. The minimum Gasteiger partial charge on any atom is -0.353 e. The Kier molecular flexibility index (Phi) is 5.41. The molecule has 4 rings (SSSR count). The van der Waals surface area contributed by atoms with Gasteiger partial charge in [-0.05, 0) is 37.8 Å². The first-order valence-corrected chi connectivity index (χ1v) is 10.2. The number of piperazine rings is 1. The van der Waals surface area contributed by atoms with E-state index in [2.05, 4.69) is 31.7 Å². The van der Waals surface area contributed by atoms with Crippen LogP contribution in [0.3, 0.4) is 0 Å². The second kappa shape index (κ2) is 8.12. The molecule has 0 aliphatic carbocycles. The number of aryl methyl sites for hydroxylation is 1. The summed E-state index contributed by atoms with van der Waals surface area (Å²) in [4.78, 5) is 32.9. The average molecular weight is 380 g/mol. The third kappa shape index (κ3) is 4.08. The van der Waals surface area contributed by atoms with Crippen LogP contribution >= 0.6 is 0 Å². The van der Waals surface area contributed by atoms with Gasteiger partial charge in [-0.1, -0.05) is 13.0 Å². The fourth-order valence-electron chi connectivity index (χ4n) is 3.90. The summed E-state index contributed by atoms with van der Waals surface area (Å²) >= 11 is 0. The molecule has 7 heteroatoms. The molecule has 1 amide bonds. The van der Waals surface area contributed by atoms with Gasteiger partial charge in [0.2, 0.25) is 0 Å². The molecule has 2 aromatic heterocycles. The smallest absolute Gasteiger partial charge is 0.272 e. The van der Waals surface area contributed by atoms with Crippen molar-refractivity contribution in [2.75, 3.05) is 49.1 Å².